The summed E-state index contributed by atoms with van der Waals surface area (Å²) in [6, 6.07) is 6.27. The van der Waals surface area contributed by atoms with Crippen LogP contribution >= 0.6 is 11.6 Å². The Labute approximate surface area is 128 Å². The summed E-state index contributed by atoms with van der Waals surface area (Å²) in [4.78, 5) is 2.48. The third-order valence-electron chi connectivity index (χ3n) is 4.03. The lowest BCUT2D eigenvalue weighted by Gasteiger charge is -2.40. The number of benzene rings is 1. The Morgan fingerprint density at radius 1 is 1.35 bits per heavy atom. The van der Waals surface area contributed by atoms with Crippen molar-refractivity contribution in [1.82, 2.24) is 5.32 Å². The molecule has 2 rings (SSSR count). The summed E-state index contributed by atoms with van der Waals surface area (Å²) in [6.07, 6.45) is 3.71. The fraction of sp³-hybridized carbons (Fsp3) is 0.647. The molecule has 0 bridgehead atoms. The van der Waals surface area contributed by atoms with Gasteiger partial charge in [0.05, 0.1) is 10.7 Å². The number of para-hydroxylation sites is 1. The van der Waals surface area contributed by atoms with E-state index in [1.54, 1.807) is 0 Å². The van der Waals surface area contributed by atoms with E-state index in [1.165, 1.54) is 24.1 Å². The molecule has 0 radical (unpaired) electrons. The molecule has 1 saturated heterocycles. The Kier molecular flexibility index (Phi) is 5.34. The van der Waals surface area contributed by atoms with Crippen molar-refractivity contribution in [2.24, 2.45) is 5.41 Å². The zero-order chi connectivity index (χ0) is 14.6. The Morgan fingerprint density at radius 2 is 2.15 bits per heavy atom. The molecule has 1 aliphatic heterocycles. The number of nitrogens with one attached hydrogen (secondary N) is 1. The van der Waals surface area contributed by atoms with Gasteiger partial charge in [0, 0.05) is 19.6 Å². The molecule has 1 fully saturated rings. The van der Waals surface area contributed by atoms with Gasteiger partial charge in [0.15, 0.2) is 0 Å². The van der Waals surface area contributed by atoms with Crippen LogP contribution in [0.25, 0.3) is 0 Å². The molecule has 112 valence electrons. The highest BCUT2D eigenvalue weighted by atomic mass is 35.5. The quantitative estimate of drug-likeness (QED) is 0.806. The Balaban J connectivity index is 2.20. The highest BCUT2D eigenvalue weighted by molar-refractivity contribution is 6.33. The predicted molar refractivity (Wildman–Crippen MR) is 88.7 cm³/mol. The number of anilines is 1. The molecule has 0 atom stereocenters. The van der Waals surface area contributed by atoms with Crippen molar-refractivity contribution in [2.45, 2.75) is 46.6 Å². The second-order valence-electron chi connectivity index (χ2n) is 6.61. The molecule has 1 aliphatic rings. The standard InChI is InChI=1S/C17H27ClN2/c1-4-10-19-12-14-7-5-8-15(18)16(14)20-11-6-9-17(2,3)13-20/h5,7-8,19H,4,6,9-13H2,1-3H3. The molecule has 2 nitrogen and oxygen atoms in total. The molecule has 3 heteroatoms. The van der Waals surface area contributed by atoms with Gasteiger partial charge in [-0.1, -0.05) is 44.5 Å². The predicted octanol–water partition coefficient (Wildman–Crippen LogP) is 4.47. The average molecular weight is 295 g/mol. The maximum Gasteiger partial charge on any atom is 0.0642 e. The highest BCUT2D eigenvalue weighted by Gasteiger charge is 2.28. The monoisotopic (exact) mass is 294 g/mol. The third-order valence-corrected chi connectivity index (χ3v) is 4.33. The second-order valence-corrected chi connectivity index (χ2v) is 7.02. The first-order valence-corrected chi connectivity index (χ1v) is 8.14. The van der Waals surface area contributed by atoms with E-state index >= 15 is 0 Å². The van der Waals surface area contributed by atoms with Crippen molar-refractivity contribution in [1.29, 1.82) is 0 Å². The van der Waals surface area contributed by atoms with Crippen LogP contribution < -0.4 is 10.2 Å². The van der Waals surface area contributed by atoms with Crippen LogP contribution in [0.4, 0.5) is 5.69 Å². The van der Waals surface area contributed by atoms with Crippen molar-refractivity contribution < 1.29 is 0 Å². The summed E-state index contributed by atoms with van der Waals surface area (Å²) < 4.78 is 0. The lowest BCUT2D eigenvalue weighted by molar-refractivity contribution is 0.293. The highest BCUT2D eigenvalue weighted by Crippen LogP contribution is 2.36. The van der Waals surface area contributed by atoms with Gasteiger partial charge < -0.3 is 10.2 Å². The molecular weight excluding hydrogens is 268 g/mol. The molecule has 1 N–H and O–H groups in total. The van der Waals surface area contributed by atoms with Gasteiger partial charge in [-0.15, -0.1) is 0 Å². The molecule has 0 spiro atoms. The molecular formula is C17H27ClN2. The van der Waals surface area contributed by atoms with Crippen molar-refractivity contribution in [3.05, 3.63) is 28.8 Å². The van der Waals surface area contributed by atoms with Crippen LogP contribution in [0.5, 0.6) is 0 Å². The SMILES string of the molecule is CCCNCc1cccc(Cl)c1N1CCCC(C)(C)C1. The summed E-state index contributed by atoms with van der Waals surface area (Å²) in [5, 5.41) is 4.38. The first-order valence-electron chi connectivity index (χ1n) is 7.76. The molecule has 20 heavy (non-hydrogen) atoms. The zero-order valence-electron chi connectivity index (χ0n) is 13.0. The summed E-state index contributed by atoms with van der Waals surface area (Å²) in [5.74, 6) is 0. The minimum absolute atomic E-state index is 0.380. The van der Waals surface area contributed by atoms with E-state index in [1.807, 2.05) is 6.07 Å². The van der Waals surface area contributed by atoms with Gasteiger partial charge in [0.25, 0.3) is 0 Å². The summed E-state index contributed by atoms with van der Waals surface area (Å²) in [5.41, 5.74) is 2.94. The van der Waals surface area contributed by atoms with E-state index in [-0.39, 0.29) is 0 Å². The second kappa shape index (κ2) is 6.82. The molecule has 0 saturated carbocycles. The van der Waals surface area contributed by atoms with E-state index in [0.29, 0.717) is 5.41 Å². The Hall–Kier alpha value is -0.730. The molecule has 0 aromatic heterocycles. The van der Waals surface area contributed by atoms with E-state index in [2.05, 4.69) is 43.1 Å². The summed E-state index contributed by atoms with van der Waals surface area (Å²) in [7, 11) is 0. The number of hydrogen-bond donors (Lipinski definition) is 1. The van der Waals surface area contributed by atoms with Crippen molar-refractivity contribution in [2.75, 3.05) is 24.5 Å². The first-order chi connectivity index (χ1) is 9.53. The molecule has 1 aromatic rings. The van der Waals surface area contributed by atoms with Crippen LogP contribution in [0.15, 0.2) is 18.2 Å². The molecule has 1 aromatic carbocycles. The molecule has 0 aliphatic carbocycles. The fourth-order valence-electron chi connectivity index (χ4n) is 3.07. The lowest BCUT2D eigenvalue weighted by Crippen LogP contribution is -2.40. The maximum absolute atomic E-state index is 6.50. The number of hydrogen-bond acceptors (Lipinski definition) is 2. The van der Waals surface area contributed by atoms with Gasteiger partial charge in [-0.05, 0) is 42.9 Å². The number of rotatable bonds is 5. The minimum atomic E-state index is 0.380. The number of halogens is 1. The topological polar surface area (TPSA) is 15.3 Å². The van der Waals surface area contributed by atoms with E-state index in [4.69, 9.17) is 11.6 Å². The fourth-order valence-corrected chi connectivity index (χ4v) is 3.38. The van der Waals surface area contributed by atoms with Gasteiger partial charge in [-0.2, -0.15) is 0 Å². The van der Waals surface area contributed by atoms with Crippen LogP contribution in [0.2, 0.25) is 5.02 Å². The lowest BCUT2D eigenvalue weighted by atomic mass is 9.84. The molecule has 1 heterocycles. The largest absolute Gasteiger partial charge is 0.370 e. The van der Waals surface area contributed by atoms with Gasteiger partial charge in [-0.3, -0.25) is 0 Å². The minimum Gasteiger partial charge on any atom is -0.370 e. The van der Waals surface area contributed by atoms with Crippen molar-refractivity contribution in [3.8, 4) is 0 Å². The smallest absolute Gasteiger partial charge is 0.0642 e. The van der Waals surface area contributed by atoms with Crippen LogP contribution in [0.3, 0.4) is 0 Å². The van der Waals surface area contributed by atoms with Crippen molar-refractivity contribution >= 4 is 17.3 Å². The maximum atomic E-state index is 6.50. The first kappa shape index (κ1) is 15.7. The van der Waals surface area contributed by atoms with Gasteiger partial charge in [0.2, 0.25) is 0 Å². The third kappa shape index (κ3) is 3.89. The van der Waals surface area contributed by atoms with E-state index < -0.39 is 0 Å². The molecule has 0 amide bonds. The Morgan fingerprint density at radius 3 is 2.85 bits per heavy atom. The van der Waals surface area contributed by atoms with Crippen molar-refractivity contribution in [3.63, 3.8) is 0 Å². The average Bonchev–Trinajstić information content (AvgIpc) is 2.38. The summed E-state index contributed by atoms with van der Waals surface area (Å²) in [6.45, 7) is 11.1. The van der Waals surface area contributed by atoms with E-state index in [9.17, 15) is 0 Å². The summed E-state index contributed by atoms with van der Waals surface area (Å²) >= 11 is 6.50. The van der Waals surface area contributed by atoms with Gasteiger partial charge >= 0.3 is 0 Å². The number of piperidine rings is 1. The zero-order valence-corrected chi connectivity index (χ0v) is 13.8. The van der Waals surface area contributed by atoms with Crippen LogP contribution in [-0.2, 0) is 6.54 Å². The van der Waals surface area contributed by atoms with Crippen LogP contribution in [0.1, 0.15) is 45.6 Å². The Bertz CT molecular complexity index is 443. The van der Waals surface area contributed by atoms with Gasteiger partial charge in [-0.25, -0.2) is 0 Å². The van der Waals surface area contributed by atoms with Crippen LogP contribution in [0, 0.1) is 5.41 Å². The van der Waals surface area contributed by atoms with E-state index in [0.717, 1.165) is 37.6 Å². The number of nitrogens with zero attached hydrogens (tertiary/aromatic N) is 1. The van der Waals surface area contributed by atoms with Crippen LogP contribution in [-0.4, -0.2) is 19.6 Å². The normalized spacial score (nSPS) is 18.3. The molecule has 0 unspecified atom stereocenters. The van der Waals surface area contributed by atoms with Gasteiger partial charge in [0.1, 0.15) is 0 Å².